The molecular weight excluding hydrogens is 195 g/mol. The van der Waals surface area contributed by atoms with Crippen LogP contribution in [-0.2, 0) is 0 Å². The molecule has 1 aliphatic carbocycles. The van der Waals surface area contributed by atoms with E-state index in [0.29, 0.717) is 0 Å². The van der Waals surface area contributed by atoms with Gasteiger partial charge in [-0.2, -0.15) is 0 Å². The maximum Gasteiger partial charge on any atom is 0.122 e. The second-order valence-electron chi connectivity index (χ2n) is 2.12. The lowest BCUT2D eigenvalue weighted by molar-refractivity contribution is 0.667. The van der Waals surface area contributed by atoms with Crippen LogP contribution in [0.2, 0.25) is 0 Å². The third-order valence-electron chi connectivity index (χ3n) is 1.31. The quantitative estimate of drug-likeness (QED) is 0.574. The highest BCUT2D eigenvalue weighted by atomic mass is 79.9. The standard InChI is InChI=1S/C8H8BrF/c9-6-7-2-1-3-8(10)5-4-7/h1,3-5H,2,6H2. The Morgan fingerprint density at radius 1 is 1.50 bits per heavy atom. The fourth-order valence-corrected chi connectivity index (χ4v) is 1.16. The zero-order valence-corrected chi connectivity index (χ0v) is 7.07. The van der Waals surface area contributed by atoms with Crippen molar-refractivity contribution in [3.05, 3.63) is 35.7 Å². The van der Waals surface area contributed by atoms with Crippen LogP contribution in [0.1, 0.15) is 6.42 Å². The topological polar surface area (TPSA) is 0 Å². The fourth-order valence-electron chi connectivity index (χ4n) is 0.743. The first-order valence-corrected chi connectivity index (χ1v) is 4.23. The molecule has 0 fully saturated rings. The summed E-state index contributed by atoms with van der Waals surface area (Å²) in [4.78, 5) is 0. The van der Waals surface area contributed by atoms with Crippen molar-refractivity contribution in [1.82, 2.24) is 0 Å². The molecule has 0 N–H and O–H groups in total. The SMILES string of the molecule is FC1=CC=C(CBr)CC=C1. The molecule has 0 radical (unpaired) electrons. The van der Waals surface area contributed by atoms with Crippen molar-refractivity contribution < 1.29 is 4.39 Å². The van der Waals surface area contributed by atoms with Crippen molar-refractivity contribution in [3.63, 3.8) is 0 Å². The molecule has 1 rings (SSSR count). The third kappa shape index (κ3) is 2.10. The van der Waals surface area contributed by atoms with E-state index in [1.54, 1.807) is 0 Å². The van der Waals surface area contributed by atoms with Crippen LogP contribution in [0.25, 0.3) is 0 Å². The highest BCUT2D eigenvalue weighted by Gasteiger charge is 1.95. The van der Waals surface area contributed by atoms with Gasteiger partial charge in [0.2, 0.25) is 0 Å². The van der Waals surface area contributed by atoms with Crippen LogP contribution < -0.4 is 0 Å². The Morgan fingerprint density at radius 2 is 2.30 bits per heavy atom. The smallest absolute Gasteiger partial charge is 0.122 e. The van der Waals surface area contributed by atoms with Gasteiger partial charge in [0, 0.05) is 5.33 Å². The van der Waals surface area contributed by atoms with Crippen molar-refractivity contribution in [2.75, 3.05) is 5.33 Å². The van der Waals surface area contributed by atoms with E-state index in [9.17, 15) is 4.39 Å². The van der Waals surface area contributed by atoms with Crippen molar-refractivity contribution >= 4 is 15.9 Å². The van der Waals surface area contributed by atoms with Crippen molar-refractivity contribution in [1.29, 1.82) is 0 Å². The van der Waals surface area contributed by atoms with Crippen molar-refractivity contribution in [2.45, 2.75) is 6.42 Å². The molecule has 0 saturated carbocycles. The first-order chi connectivity index (χ1) is 4.83. The van der Waals surface area contributed by atoms with Gasteiger partial charge in [-0.15, -0.1) is 0 Å². The molecule has 0 aromatic rings. The summed E-state index contributed by atoms with van der Waals surface area (Å²) in [5.41, 5.74) is 1.20. The molecule has 0 nitrogen and oxygen atoms in total. The van der Waals surface area contributed by atoms with E-state index in [4.69, 9.17) is 0 Å². The molecule has 0 unspecified atom stereocenters. The Bertz CT molecular complexity index is 201. The summed E-state index contributed by atoms with van der Waals surface area (Å²) in [5, 5.41) is 0.821. The normalized spacial score (nSPS) is 17.8. The molecule has 0 aliphatic heterocycles. The van der Waals surface area contributed by atoms with E-state index < -0.39 is 0 Å². The Balaban J connectivity index is 2.74. The Hall–Kier alpha value is -0.370. The molecule has 1 aliphatic rings. The van der Waals surface area contributed by atoms with E-state index in [1.807, 2.05) is 12.2 Å². The molecule has 0 aromatic heterocycles. The van der Waals surface area contributed by atoms with Gasteiger partial charge in [-0.05, 0) is 18.6 Å². The minimum absolute atomic E-state index is 0.170. The minimum Gasteiger partial charge on any atom is -0.207 e. The molecule has 0 heterocycles. The van der Waals surface area contributed by atoms with Crippen LogP contribution in [0.15, 0.2) is 35.7 Å². The largest absolute Gasteiger partial charge is 0.207 e. The van der Waals surface area contributed by atoms with E-state index in [0.717, 1.165) is 11.8 Å². The zero-order valence-electron chi connectivity index (χ0n) is 5.48. The number of hydrogen-bond acceptors (Lipinski definition) is 0. The molecule has 0 aromatic carbocycles. The van der Waals surface area contributed by atoms with Crippen LogP contribution in [-0.4, -0.2) is 5.33 Å². The number of rotatable bonds is 1. The summed E-state index contributed by atoms with van der Waals surface area (Å²) in [6.45, 7) is 0. The van der Waals surface area contributed by atoms with Gasteiger partial charge in [0.25, 0.3) is 0 Å². The fraction of sp³-hybridized carbons (Fsp3) is 0.250. The van der Waals surface area contributed by atoms with Gasteiger partial charge in [0.15, 0.2) is 0 Å². The van der Waals surface area contributed by atoms with E-state index in [2.05, 4.69) is 15.9 Å². The number of allylic oxidation sites excluding steroid dienone is 6. The van der Waals surface area contributed by atoms with Gasteiger partial charge in [-0.3, -0.25) is 0 Å². The maximum atomic E-state index is 12.5. The molecule has 0 atom stereocenters. The van der Waals surface area contributed by atoms with Gasteiger partial charge in [0.05, 0.1) is 0 Å². The Kier molecular flexibility index (Phi) is 2.87. The zero-order chi connectivity index (χ0) is 7.40. The lowest BCUT2D eigenvalue weighted by Crippen LogP contribution is -1.78. The van der Waals surface area contributed by atoms with E-state index >= 15 is 0 Å². The van der Waals surface area contributed by atoms with E-state index in [-0.39, 0.29) is 5.83 Å². The Morgan fingerprint density at radius 3 is 3.00 bits per heavy atom. The molecule has 10 heavy (non-hydrogen) atoms. The Labute approximate surface area is 68.3 Å². The average molecular weight is 203 g/mol. The summed E-state index contributed by atoms with van der Waals surface area (Å²) in [5.74, 6) is -0.170. The summed E-state index contributed by atoms with van der Waals surface area (Å²) in [6.07, 6.45) is 7.46. The summed E-state index contributed by atoms with van der Waals surface area (Å²) < 4.78 is 12.5. The lowest BCUT2D eigenvalue weighted by atomic mass is 10.2. The molecule has 0 saturated heterocycles. The van der Waals surface area contributed by atoms with Crippen LogP contribution in [0, 0.1) is 0 Å². The third-order valence-corrected chi connectivity index (χ3v) is 2.03. The van der Waals surface area contributed by atoms with Crippen LogP contribution in [0.3, 0.4) is 0 Å². The molecule has 2 heteroatoms. The monoisotopic (exact) mass is 202 g/mol. The first-order valence-electron chi connectivity index (χ1n) is 3.10. The number of hydrogen-bond donors (Lipinski definition) is 0. The molecule has 0 bridgehead atoms. The number of alkyl halides is 1. The predicted octanol–water partition coefficient (Wildman–Crippen LogP) is 3.12. The maximum absolute atomic E-state index is 12.5. The minimum atomic E-state index is -0.170. The highest BCUT2D eigenvalue weighted by molar-refractivity contribution is 9.09. The van der Waals surface area contributed by atoms with E-state index in [1.165, 1.54) is 17.7 Å². The highest BCUT2D eigenvalue weighted by Crippen LogP contribution is 2.13. The van der Waals surface area contributed by atoms with Gasteiger partial charge in [-0.25, -0.2) is 4.39 Å². The second kappa shape index (κ2) is 3.71. The molecule has 0 amide bonds. The van der Waals surface area contributed by atoms with Crippen molar-refractivity contribution in [3.8, 4) is 0 Å². The van der Waals surface area contributed by atoms with Crippen molar-refractivity contribution in [2.24, 2.45) is 0 Å². The predicted molar refractivity (Wildman–Crippen MR) is 44.8 cm³/mol. The van der Waals surface area contributed by atoms with Gasteiger partial charge in [0.1, 0.15) is 5.83 Å². The molecule has 54 valence electrons. The summed E-state index contributed by atoms with van der Waals surface area (Å²) >= 11 is 3.31. The lowest BCUT2D eigenvalue weighted by Gasteiger charge is -1.92. The van der Waals surface area contributed by atoms with Gasteiger partial charge in [-0.1, -0.05) is 33.7 Å². The molecular formula is C8H8BrF. The summed E-state index contributed by atoms with van der Waals surface area (Å²) in [6, 6.07) is 0. The van der Waals surface area contributed by atoms with Crippen LogP contribution in [0.4, 0.5) is 4.39 Å². The summed E-state index contributed by atoms with van der Waals surface area (Å²) in [7, 11) is 0. The van der Waals surface area contributed by atoms with Crippen LogP contribution in [0.5, 0.6) is 0 Å². The number of halogens is 2. The van der Waals surface area contributed by atoms with Crippen LogP contribution >= 0.6 is 15.9 Å². The van der Waals surface area contributed by atoms with Gasteiger partial charge < -0.3 is 0 Å². The second-order valence-corrected chi connectivity index (χ2v) is 2.68. The molecule has 0 spiro atoms. The average Bonchev–Trinajstić information content (AvgIpc) is 2.14. The first kappa shape index (κ1) is 7.73. The van der Waals surface area contributed by atoms with Gasteiger partial charge >= 0.3 is 0 Å².